The Morgan fingerprint density at radius 1 is 1.33 bits per heavy atom. The van der Waals surface area contributed by atoms with Crippen LogP contribution in [0.1, 0.15) is 11.9 Å². The van der Waals surface area contributed by atoms with E-state index in [1.165, 1.54) is 0 Å². The summed E-state index contributed by atoms with van der Waals surface area (Å²) in [6, 6.07) is 5.36. The Bertz CT molecular complexity index is 357. The smallest absolute Gasteiger partial charge is 0.185 e. The van der Waals surface area contributed by atoms with Gasteiger partial charge in [0.1, 0.15) is 0 Å². The van der Waals surface area contributed by atoms with Gasteiger partial charge in [-0.1, -0.05) is 35.3 Å². The molecule has 1 aromatic rings. The van der Waals surface area contributed by atoms with Crippen LogP contribution in [0.3, 0.4) is 0 Å². The van der Waals surface area contributed by atoms with E-state index in [4.69, 9.17) is 44.3 Å². The van der Waals surface area contributed by atoms with Gasteiger partial charge >= 0.3 is 0 Å². The van der Waals surface area contributed by atoms with Gasteiger partial charge in [-0.15, -0.1) is 11.6 Å². The summed E-state index contributed by atoms with van der Waals surface area (Å²) < 4.78 is 11.0. The van der Waals surface area contributed by atoms with Crippen molar-refractivity contribution in [3.63, 3.8) is 0 Å². The molecule has 0 radical (unpaired) electrons. The van der Waals surface area contributed by atoms with Crippen LogP contribution in [0.5, 0.6) is 0 Å². The SMILES string of the molecule is ClCC1COC(c2cccc(Cl)c2Cl)O1. The van der Waals surface area contributed by atoms with E-state index in [0.29, 0.717) is 22.5 Å². The lowest BCUT2D eigenvalue weighted by atomic mass is 10.2. The molecule has 2 unspecified atom stereocenters. The quantitative estimate of drug-likeness (QED) is 0.762. The number of rotatable bonds is 2. The highest BCUT2D eigenvalue weighted by molar-refractivity contribution is 6.42. The molecular formula is C10H9Cl3O2. The molecule has 0 amide bonds. The molecule has 15 heavy (non-hydrogen) atoms. The highest BCUT2D eigenvalue weighted by atomic mass is 35.5. The Kier molecular flexibility index (Phi) is 3.75. The Balaban J connectivity index is 2.20. The van der Waals surface area contributed by atoms with E-state index in [9.17, 15) is 0 Å². The molecule has 2 atom stereocenters. The van der Waals surface area contributed by atoms with Gasteiger partial charge in [0, 0.05) is 5.56 Å². The number of ether oxygens (including phenoxy) is 2. The van der Waals surface area contributed by atoms with Crippen LogP contribution in [0.15, 0.2) is 18.2 Å². The van der Waals surface area contributed by atoms with Gasteiger partial charge in [-0.2, -0.15) is 0 Å². The summed E-state index contributed by atoms with van der Waals surface area (Å²) in [5.41, 5.74) is 0.747. The average molecular weight is 268 g/mol. The molecule has 0 bridgehead atoms. The molecule has 0 aliphatic carbocycles. The van der Waals surface area contributed by atoms with Gasteiger partial charge in [0.15, 0.2) is 6.29 Å². The van der Waals surface area contributed by atoms with Gasteiger partial charge in [-0.3, -0.25) is 0 Å². The van der Waals surface area contributed by atoms with Crippen LogP contribution in [-0.4, -0.2) is 18.6 Å². The number of hydrogen-bond acceptors (Lipinski definition) is 2. The number of hydrogen-bond donors (Lipinski definition) is 0. The number of alkyl halides is 1. The third kappa shape index (κ3) is 2.40. The van der Waals surface area contributed by atoms with Crippen molar-refractivity contribution in [2.45, 2.75) is 12.4 Å². The lowest BCUT2D eigenvalue weighted by molar-refractivity contribution is -0.0566. The maximum Gasteiger partial charge on any atom is 0.185 e. The summed E-state index contributed by atoms with van der Waals surface area (Å²) in [4.78, 5) is 0. The van der Waals surface area contributed by atoms with Crippen molar-refractivity contribution in [1.82, 2.24) is 0 Å². The zero-order valence-corrected chi connectivity index (χ0v) is 10.0. The minimum atomic E-state index is -0.458. The van der Waals surface area contributed by atoms with Gasteiger partial charge in [0.2, 0.25) is 0 Å². The Morgan fingerprint density at radius 2 is 2.13 bits per heavy atom. The topological polar surface area (TPSA) is 18.5 Å². The van der Waals surface area contributed by atoms with E-state index >= 15 is 0 Å². The summed E-state index contributed by atoms with van der Waals surface area (Å²) in [5.74, 6) is 0.411. The van der Waals surface area contributed by atoms with Crippen LogP contribution in [0.25, 0.3) is 0 Å². The molecule has 0 spiro atoms. The van der Waals surface area contributed by atoms with Gasteiger partial charge in [0.05, 0.1) is 28.6 Å². The fraction of sp³-hybridized carbons (Fsp3) is 0.400. The third-order valence-corrected chi connectivity index (χ3v) is 3.33. The van der Waals surface area contributed by atoms with Crippen LogP contribution in [-0.2, 0) is 9.47 Å². The Labute approximate surface area is 103 Å². The van der Waals surface area contributed by atoms with E-state index in [1.54, 1.807) is 6.07 Å². The number of benzene rings is 1. The van der Waals surface area contributed by atoms with Crippen molar-refractivity contribution >= 4 is 34.8 Å². The third-order valence-electron chi connectivity index (χ3n) is 2.16. The Morgan fingerprint density at radius 3 is 2.80 bits per heavy atom. The van der Waals surface area contributed by atoms with Gasteiger partial charge in [0.25, 0.3) is 0 Å². The first-order valence-corrected chi connectivity index (χ1v) is 5.78. The molecule has 82 valence electrons. The lowest BCUT2D eigenvalue weighted by Gasteiger charge is -2.12. The second-order valence-corrected chi connectivity index (χ2v) is 4.31. The van der Waals surface area contributed by atoms with Gasteiger partial charge in [-0.05, 0) is 6.07 Å². The van der Waals surface area contributed by atoms with E-state index in [1.807, 2.05) is 12.1 Å². The molecule has 2 nitrogen and oxygen atoms in total. The minimum absolute atomic E-state index is 0.0771. The van der Waals surface area contributed by atoms with E-state index in [-0.39, 0.29) is 6.10 Å². The predicted octanol–water partition coefficient (Wildman–Crippen LogP) is 3.65. The van der Waals surface area contributed by atoms with Crippen molar-refractivity contribution in [2.75, 3.05) is 12.5 Å². The molecule has 0 aromatic heterocycles. The molecule has 1 aliphatic heterocycles. The zero-order chi connectivity index (χ0) is 10.8. The first-order chi connectivity index (χ1) is 7.22. The summed E-state index contributed by atoms with van der Waals surface area (Å²) >= 11 is 17.6. The Hall–Kier alpha value is 0.01000. The maximum atomic E-state index is 6.04. The molecule has 2 rings (SSSR count). The minimum Gasteiger partial charge on any atom is -0.346 e. The van der Waals surface area contributed by atoms with Crippen LogP contribution in [0.2, 0.25) is 10.0 Å². The van der Waals surface area contributed by atoms with Crippen molar-refractivity contribution in [1.29, 1.82) is 0 Å². The lowest BCUT2D eigenvalue weighted by Crippen LogP contribution is -2.10. The second-order valence-electron chi connectivity index (χ2n) is 3.22. The van der Waals surface area contributed by atoms with Crippen LogP contribution in [0.4, 0.5) is 0 Å². The molecular weight excluding hydrogens is 258 g/mol. The molecule has 1 heterocycles. The largest absolute Gasteiger partial charge is 0.346 e. The monoisotopic (exact) mass is 266 g/mol. The molecule has 1 aliphatic rings. The highest BCUT2D eigenvalue weighted by Gasteiger charge is 2.28. The summed E-state index contributed by atoms with van der Waals surface area (Å²) in [6.07, 6.45) is -0.535. The normalized spacial score (nSPS) is 25.8. The zero-order valence-electron chi connectivity index (χ0n) is 7.75. The first kappa shape index (κ1) is 11.5. The fourth-order valence-electron chi connectivity index (χ4n) is 1.39. The van der Waals surface area contributed by atoms with Crippen molar-refractivity contribution in [2.24, 2.45) is 0 Å². The van der Waals surface area contributed by atoms with Crippen LogP contribution in [0, 0.1) is 0 Å². The average Bonchev–Trinajstić information content (AvgIpc) is 2.70. The van der Waals surface area contributed by atoms with Crippen molar-refractivity contribution in [3.05, 3.63) is 33.8 Å². The van der Waals surface area contributed by atoms with Crippen molar-refractivity contribution < 1.29 is 9.47 Å². The van der Waals surface area contributed by atoms with E-state index in [0.717, 1.165) is 5.56 Å². The summed E-state index contributed by atoms with van der Waals surface area (Å²) in [7, 11) is 0. The molecule has 1 fully saturated rings. The molecule has 1 aromatic carbocycles. The number of halogens is 3. The fourth-order valence-corrected chi connectivity index (χ4v) is 1.95. The summed E-state index contributed by atoms with van der Waals surface area (Å²) in [5, 5.41) is 0.968. The molecule has 1 saturated heterocycles. The standard InChI is InChI=1S/C10H9Cl3O2/c11-4-6-5-14-10(15-6)7-2-1-3-8(12)9(7)13/h1-3,6,10H,4-5H2. The first-order valence-electron chi connectivity index (χ1n) is 4.49. The summed E-state index contributed by atoms with van der Waals surface area (Å²) in [6.45, 7) is 0.483. The van der Waals surface area contributed by atoms with E-state index in [2.05, 4.69) is 0 Å². The van der Waals surface area contributed by atoms with Crippen LogP contribution < -0.4 is 0 Å². The predicted molar refractivity (Wildman–Crippen MR) is 60.7 cm³/mol. The van der Waals surface area contributed by atoms with E-state index < -0.39 is 6.29 Å². The van der Waals surface area contributed by atoms with Crippen LogP contribution >= 0.6 is 34.8 Å². The van der Waals surface area contributed by atoms with Crippen molar-refractivity contribution in [3.8, 4) is 0 Å². The van der Waals surface area contributed by atoms with Gasteiger partial charge < -0.3 is 9.47 Å². The highest BCUT2D eigenvalue weighted by Crippen LogP contribution is 2.35. The maximum absolute atomic E-state index is 6.04. The molecule has 0 N–H and O–H groups in total. The molecule has 0 saturated carbocycles. The van der Waals surface area contributed by atoms with Gasteiger partial charge in [-0.25, -0.2) is 0 Å². The second kappa shape index (κ2) is 4.89. The molecule has 5 heteroatoms.